The molecule has 1 atom stereocenters. The summed E-state index contributed by atoms with van der Waals surface area (Å²) in [5.74, 6) is 0.511. The number of H-pyrrole nitrogens is 2. The van der Waals surface area contributed by atoms with E-state index in [-0.39, 0.29) is 11.2 Å². The molecule has 2 aromatic carbocycles. The molecule has 1 aliphatic heterocycles. The zero-order valence-electron chi connectivity index (χ0n) is 17.1. The number of nitriles is 1. The molecule has 1 saturated heterocycles. The van der Waals surface area contributed by atoms with Crippen LogP contribution in [-0.2, 0) is 13.0 Å². The van der Waals surface area contributed by atoms with Gasteiger partial charge in [-0.15, -0.1) is 0 Å². The van der Waals surface area contributed by atoms with E-state index in [2.05, 4.69) is 20.9 Å². The largest absolute Gasteiger partial charge is 0.361 e. The highest BCUT2D eigenvalue weighted by atomic mass is 16.2. The Morgan fingerprint density at radius 1 is 1.06 bits per heavy atom. The second-order valence-corrected chi connectivity index (χ2v) is 8.28. The van der Waals surface area contributed by atoms with Gasteiger partial charge in [0.2, 0.25) is 0 Å². The van der Waals surface area contributed by atoms with Crippen molar-refractivity contribution in [2.24, 2.45) is 5.92 Å². The molecule has 0 spiro atoms. The fourth-order valence-corrected chi connectivity index (χ4v) is 4.65. The van der Waals surface area contributed by atoms with Gasteiger partial charge >= 0.3 is 5.69 Å². The highest BCUT2D eigenvalue weighted by Crippen LogP contribution is 2.26. The van der Waals surface area contributed by atoms with Crippen LogP contribution in [0.15, 0.2) is 58.3 Å². The zero-order chi connectivity index (χ0) is 21.4. The smallest absolute Gasteiger partial charge is 0.328 e. The lowest BCUT2D eigenvalue weighted by atomic mass is 9.98. The molecule has 156 valence electrons. The average Bonchev–Trinajstić information content (AvgIpc) is 3.40. The van der Waals surface area contributed by atoms with Crippen LogP contribution >= 0.6 is 0 Å². The van der Waals surface area contributed by atoms with Gasteiger partial charge in [0.25, 0.3) is 5.56 Å². The van der Waals surface area contributed by atoms with Crippen LogP contribution < -0.4 is 11.2 Å². The van der Waals surface area contributed by atoms with Crippen LogP contribution in [-0.4, -0.2) is 39.1 Å². The first kappa shape index (κ1) is 19.3. The number of hydrogen-bond acceptors (Lipinski definition) is 4. The van der Waals surface area contributed by atoms with Crippen molar-refractivity contribution in [2.75, 3.05) is 19.6 Å². The second kappa shape index (κ2) is 7.89. The van der Waals surface area contributed by atoms with Gasteiger partial charge in [-0.05, 0) is 61.2 Å². The van der Waals surface area contributed by atoms with Crippen molar-refractivity contribution in [3.63, 3.8) is 0 Å². The Bertz CT molecular complexity index is 1420. The quantitative estimate of drug-likeness (QED) is 0.525. The van der Waals surface area contributed by atoms with Gasteiger partial charge in [0.05, 0.1) is 22.5 Å². The third-order valence-electron chi connectivity index (χ3n) is 6.30. The number of rotatable bonds is 5. The van der Waals surface area contributed by atoms with Crippen molar-refractivity contribution < 1.29 is 0 Å². The number of fused-ring (bicyclic) bond motifs is 2. The number of nitrogens with zero attached hydrogens (tertiary/aromatic N) is 3. The molecule has 2 N–H and O–H groups in total. The van der Waals surface area contributed by atoms with E-state index in [0.717, 1.165) is 36.8 Å². The Hall–Kier alpha value is -3.63. The minimum Gasteiger partial charge on any atom is -0.361 e. The molecule has 1 unspecified atom stereocenters. The lowest BCUT2D eigenvalue weighted by molar-refractivity contribution is 0.305. The predicted molar refractivity (Wildman–Crippen MR) is 120 cm³/mol. The molecule has 0 saturated carbocycles. The molecular weight excluding hydrogens is 390 g/mol. The van der Waals surface area contributed by atoms with Gasteiger partial charge in [0.15, 0.2) is 0 Å². The SMILES string of the molecule is N#Cc1ccc2[nH]cc(CC3CCN(CCn4c(=O)[nH]c5ccccc5c4=O)C3)c2c1. The fourth-order valence-electron chi connectivity index (χ4n) is 4.65. The summed E-state index contributed by atoms with van der Waals surface area (Å²) in [4.78, 5) is 33.5. The van der Waals surface area contributed by atoms with Crippen molar-refractivity contribution in [3.05, 3.63) is 80.6 Å². The molecule has 3 heterocycles. The first-order valence-electron chi connectivity index (χ1n) is 10.6. The number of hydrogen-bond donors (Lipinski definition) is 2. The van der Waals surface area contributed by atoms with Crippen molar-refractivity contribution in [1.82, 2.24) is 19.4 Å². The number of likely N-dealkylation sites (tertiary alicyclic amines) is 1. The topological polar surface area (TPSA) is 97.7 Å². The minimum absolute atomic E-state index is 0.234. The molecule has 1 aliphatic rings. The van der Waals surface area contributed by atoms with E-state index < -0.39 is 0 Å². The van der Waals surface area contributed by atoms with Gasteiger partial charge in [0.1, 0.15) is 0 Å². The van der Waals surface area contributed by atoms with Crippen LogP contribution in [0.2, 0.25) is 0 Å². The van der Waals surface area contributed by atoms with Crippen LogP contribution in [0, 0.1) is 17.2 Å². The molecule has 0 amide bonds. The number of aromatic nitrogens is 3. The van der Waals surface area contributed by atoms with E-state index in [1.165, 1.54) is 10.1 Å². The lowest BCUT2D eigenvalue weighted by Crippen LogP contribution is -2.38. The molecule has 0 aliphatic carbocycles. The van der Waals surface area contributed by atoms with E-state index in [1.54, 1.807) is 18.2 Å². The molecule has 0 bridgehead atoms. The van der Waals surface area contributed by atoms with Gasteiger partial charge in [-0.25, -0.2) is 4.79 Å². The summed E-state index contributed by atoms with van der Waals surface area (Å²) < 4.78 is 1.30. The van der Waals surface area contributed by atoms with Crippen molar-refractivity contribution in [3.8, 4) is 6.07 Å². The molecule has 31 heavy (non-hydrogen) atoms. The van der Waals surface area contributed by atoms with E-state index in [0.29, 0.717) is 35.5 Å². The monoisotopic (exact) mass is 413 g/mol. The van der Waals surface area contributed by atoms with Gasteiger partial charge in [-0.2, -0.15) is 5.26 Å². The Kier molecular flexibility index (Phi) is 4.92. The summed E-state index contributed by atoms with van der Waals surface area (Å²) in [5.41, 5.74) is 2.95. The summed E-state index contributed by atoms with van der Waals surface area (Å²) in [6.07, 6.45) is 4.07. The molecular formula is C24H23N5O2. The summed E-state index contributed by atoms with van der Waals surface area (Å²) in [7, 11) is 0. The van der Waals surface area contributed by atoms with Gasteiger partial charge in [-0.1, -0.05) is 12.1 Å². The van der Waals surface area contributed by atoms with Crippen LogP contribution in [0.5, 0.6) is 0 Å². The second-order valence-electron chi connectivity index (χ2n) is 8.28. The highest BCUT2D eigenvalue weighted by Gasteiger charge is 2.23. The number of aromatic amines is 2. The Labute approximate surface area is 178 Å². The third-order valence-corrected chi connectivity index (χ3v) is 6.30. The Morgan fingerprint density at radius 2 is 1.94 bits per heavy atom. The van der Waals surface area contributed by atoms with Gasteiger partial charge in [0, 0.05) is 36.7 Å². The number of nitrogens with one attached hydrogen (secondary N) is 2. The maximum atomic E-state index is 12.7. The van der Waals surface area contributed by atoms with E-state index >= 15 is 0 Å². The van der Waals surface area contributed by atoms with Crippen LogP contribution in [0.1, 0.15) is 17.5 Å². The summed E-state index contributed by atoms with van der Waals surface area (Å²) in [5, 5.41) is 10.8. The summed E-state index contributed by atoms with van der Waals surface area (Å²) in [6, 6.07) is 15.1. The molecule has 4 aromatic rings. The van der Waals surface area contributed by atoms with E-state index in [1.807, 2.05) is 30.5 Å². The van der Waals surface area contributed by atoms with Gasteiger partial charge in [-0.3, -0.25) is 9.36 Å². The Morgan fingerprint density at radius 3 is 2.81 bits per heavy atom. The lowest BCUT2D eigenvalue weighted by Gasteiger charge is -2.16. The fraction of sp³-hybridized carbons (Fsp3) is 0.292. The van der Waals surface area contributed by atoms with Crippen LogP contribution in [0.3, 0.4) is 0 Å². The minimum atomic E-state index is -0.355. The standard InChI is InChI=1S/C24H23N5O2/c25-13-16-5-6-21-20(12-16)18(14-26-21)11-17-7-8-28(15-17)9-10-29-23(30)19-3-1-2-4-22(19)27-24(29)31/h1-6,12,14,17,26H,7-11,15H2,(H,27,31). The van der Waals surface area contributed by atoms with Crippen LogP contribution in [0.25, 0.3) is 21.8 Å². The first-order valence-corrected chi connectivity index (χ1v) is 10.6. The van der Waals surface area contributed by atoms with E-state index in [4.69, 9.17) is 0 Å². The number of para-hydroxylation sites is 1. The first-order chi connectivity index (χ1) is 15.1. The molecule has 7 heteroatoms. The van der Waals surface area contributed by atoms with Crippen molar-refractivity contribution in [2.45, 2.75) is 19.4 Å². The highest BCUT2D eigenvalue weighted by molar-refractivity contribution is 5.84. The molecule has 2 aromatic heterocycles. The van der Waals surface area contributed by atoms with Crippen molar-refractivity contribution in [1.29, 1.82) is 5.26 Å². The predicted octanol–water partition coefficient (Wildman–Crippen LogP) is 2.61. The third kappa shape index (κ3) is 3.66. The maximum Gasteiger partial charge on any atom is 0.328 e. The number of benzene rings is 2. The maximum absolute atomic E-state index is 12.7. The van der Waals surface area contributed by atoms with Crippen LogP contribution in [0.4, 0.5) is 0 Å². The zero-order valence-corrected chi connectivity index (χ0v) is 17.1. The molecule has 1 fully saturated rings. The van der Waals surface area contributed by atoms with Crippen molar-refractivity contribution >= 4 is 21.8 Å². The van der Waals surface area contributed by atoms with Gasteiger partial charge < -0.3 is 14.9 Å². The normalized spacial score (nSPS) is 16.8. The summed E-state index contributed by atoms with van der Waals surface area (Å²) >= 11 is 0. The Balaban J connectivity index is 1.26. The molecule has 0 radical (unpaired) electrons. The van der Waals surface area contributed by atoms with E-state index in [9.17, 15) is 14.9 Å². The molecule has 7 nitrogen and oxygen atoms in total. The summed E-state index contributed by atoms with van der Waals surface area (Å²) in [6.45, 7) is 2.94. The average molecular weight is 413 g/mol. The molecule has 5 rings (SSSR count).